The number of halogens is 1. The van der Waals surface area contributed by atoms with Crippen LogP contribution >= 0.6 is 11.6 Å². The third kappa shape index (κ3) is 4.31. The quantitative estimate of drug-likeness (QED) is 0.839. The van der Waals surface area contributed by atoms with Crippen molar-refractivity contribution in [2.75, 3.05) is 0 Å². The predicted octanol–water partition coefficient (Wildman–Crippen LogP) is 3.31. The van der Waals surface area contributed by atoms with Crippen LogP contribution in [0.15, 0.2) is 12.1 Å². The molecule has 0 saturated carbocycles. The van der Waals surface area contributed by atoms with Gasteiger partial charge in [0.25, 0.3) is 0 Å². The molecular weight excluding hydrogens is 318 g/mol. The van der Waals surface area contributed by atoms with Gasteiger partial charge in [-0.2, -0.15) is 9.61 Å². The normalized spacial score (nSPS) is 12.5. The van der Waals surface area contributed by atoms with Gasteiger partial charge in [-0.05, 0) is 53.7 Å². The zero-order chi connectivity index (χ0) is 17.4. The van der Waals surface area contributed by atoms with E-state index in [1.165, 1.54) is 4.52 Å². The number of aromatic nitrogens is 4. The molecule has 0 bridgehead atoms. The number of ether oxygens (including phenoxy) is 1. The number of fused-ring (bicyclic) bond motifs is 1. The lowest BCUT2D eigenvalue weighted by molar-refractivity contribution is 0.00284. The SMILES string of the molecule is CC(C)(C)OC(=O)N(Cc1nnc2ccc(Cl)nn12)C(C)(C)C. The molecule has 8 heteroatoms. The Labute approximate surface area is 140 Å². The maximum atomic E-state index is 12.5. The van der Waals surface area contributed by atoms with E-state index in [9.17, 15) is 4.79 Å². The lowest BCUT2D eigenvalue weighted by atomic mass is 10.1. The van der Waals surface area contributed by atoms with Gasteiger partial charge < -0.3 is 4.74 Å². The first-order valence-corrected chi connectivity index (χ1v) is 7.73. The van der Waals surface area contributed by atoms with E-state index in [1.807, 2.05) is 41.5 Å². The van der Waals surface area contributed by atoms with E-state index in [1.54, 1.807) is 17.0 Å². The highest BCUT2D eigenvalue weighted by molar-refractivity contribution is 6.29. The van der Waals surface area contributed by atoms with Crippen molar-refractivity contribution in [2.24, 2.45) is 0 Å². The standard InChI is InChI=1S/C15H22ClN5O2/c1-14(2,3)20(13(22)23-15(4,5)6)9-12-18-17-11-8-7-10(16)19-21(11)12/h7-8H,9H2,1-6H3. The smallest absolute Gasteiger partial charge is 0.411 e. The van der Waals surface area contributed by atoms with Gasteiger partial charge in [0, 0.05) is 5.54 Å². The second-order valence-corrected chi connectivity index (χ2v) is 7.67. The Bertz CT molecular complexity index is 715. The minimum Gasteiger partial charge on any atom is -0.444 e. The molecule has 0 saturated heterocycles. The van der Waals surface area contributed by atoms with E-state index in [0.717, 1.165) is 0 Å². The summed E-state index contributed by atoms with van der Waals surface area (Å²) in [4.78, 5) is 14.1. The van der Waals surface area contributed by atoms with Crippen molar-refractivity contribution in [2.45, 2.75) is 59.2 Å². The number of amides is 1. The molecule has 0 aliphatic heterocycles. The lowest BCUT2D eigenvalue weighted by Crippen LogP contribution is -2.47. The van der Waals surface area contributed by atoms with Gasteiger partial charge in [-0.15, -0.1) is 10.2 Å². The summed E-state index contributed by atoms with van der Waals surface area (Å²) in [7, 11) is 0. The Morgan fingerprint density at radius 3 is 2.43 bits per heavy atom. The maximum Gasteiger partial charge on any atom is 0.411 e. The number of carbonyl (C=O) groups excluding carboxylic acids is 1. The molecule has 0 aliphatic carbocycles. The molecule has 0 atom stereocenters. The molecule has 7 nitrogen and oxygen atoms in total. The number of rotatable bonds is 2. The van der Waals surface area contributed by atoms with Crippen LogP contribution in [0.1, 0.15) is 47.4 Å². The van der Waals surface area contributed by atoms with Crippen LogP contribution in [0.25, 0.3) is 5.65 Å². The summed E-state index contributed by atoms with van der Waals surface area (Å²) in [5.41, 5.74) is -0.454. The van der Waals surface area contributed by atoms with Crippen molar-refractivity contribution in [3.63, 3.8) is 0 Å². The third-order valence-corrected chi connectivity index (χ3v) is 3.22. The van der Waals surface area contributed by atoms with Crippen LogP contribution in [0.3, 0.4) is 0 Å². The molecule has 0 unspecified atom stereocenters. The van der Waals surface area contributed by atoms with E-state index in [4.69, 9.17) is 16.3 Å². The fourth-order valence-corrected chi connectivity index (χ4v) is 2.08. The van der Waals surface area contributed by atoms with Crippen LogP contribution in [0.2, 0.25) is 5.15 Å². The molecule has 0 radical (unpaired) electrons. The molecule has 2 rings (SSSR count). The molecule has 0 aromatic carbocycles. The largest absolute Gasteiger partial charge is 0.444 e. The van der Waals surface area contributed by atoms with Gasteiger partial charge in [0.2, 0.25) is 0 Å². The molecule has 126 valence electrons. The lowest BCUT2D eigenvalue weighted by Gasteiger charge is -2.36. The summed E-state index contributed by atoms with van der Waals surface area (Å²) in [5, 5.41) is 12.7. The van der Waals surface area contributed by atoms with Crippen LogP contribution in [0.4, 0.5) is 4.79 Å². The summed E-state index contributed by atoms with van der Waals surface area (Å²) in [6.07, 6.45) is -0.413. The molecule has 0 N–H and O–H groups in total. The first kappa shape index (κ1) is 17.5. The fourth-order valence-electron chi connectivity index (χ4n) is 1.94. The second-order valence-electron chi connectivity index (χ2n) is 7.28. The van der Waals surface area contributed by atoms with Crippen LogP contribution < -0.4 is 0 Å². The highest BCUT2D eigenvalue weighted by Crippen LogP contribution is 2.21. The average Bonchev–Trinajstić information content (AvgIpc) is 2.74. The van der Waals surface area contributed by atoms with Gasteiger partial charge in [-0.1, -0.05) is 11.6 Å². The second kappa shape index (κ2) is 5.96. The Hall–Kier alpha value is -1.89. The third-order valence-electron chi connectivity index (χ3n) is 3.02. The monoisotopic (exact) mass is 339 g/mol. The van der Waals surface area contributed by atoms with Crippen molar-refractivity contribution in [1.82, 2.24) is 24.7 Å². The highest BCUT2D eigenvalue weighted by atomic mass is 35.5. The minimum atomic E-state index is -0.574. The molecule has 0 aliphatic rings. The Kier molecular flexibility index (Phi) is 4.52. The fraction of sp³-hybridized carbons (Fsp3) is 0.600. The predicted molar refractivity (Wildman–Crippen MR) is 87.3 cm³/mol. The molecule has 0 fully saturated rings. The van der Waals surface area contributed by atoms with Crippen molar-refractivity contribution >= 4 is 23.3 Å². The molecule has 2 heterocycles. The van der Waals surface area contributed by atoms with Crippen LogP contribution in [-0.2, 0) is 11.3 Å². The molecule has 23 heavy (non-hydrogen) atoms. The van der Waals surface area contributed by atoms with Gasteiger partial charge in [-0.25, -0.2) is 4.79 Å². The Balaban J connectivity index is 2.34. The first-order chi connectivity index (χ1) is 10.5. The van der Waals surface area contributed by atoms with E-state index < -0.39 is 17.2 Å². The van der Waals surface area contributed by atoms with E-state index in [-0.39, 0.29) is 6.54 Å². The zero-order valence-electron chi connectivity index (χ0n) is 14.3. The summed E-state index contributed by atoms with van der Waals surface area (Å²) < 4.78 is 7.03. The van der Waals surface area contributed by atoms with E-state index >= 15 is 0 Å². The van der Waals surface area contributed by atoms with Crippen molar-refractivity contribution in [3.8, 4) is 0 Å². The van der Waals surface area contributed by atoms with E-state index in [2.05, 4.69) is 15.3 Å². The zero-order valence-corrected chi connectivity index (χ0v) is 15.0. The summed E-state index contributed by atoms with van der Waals surface area (Å²) in [5.74, 6) is 0.517. The minimum absolute atomic E-state index is 0.215. The number of nitrogens with zero attached hydrogens (tertiary/aromatic N) is 5. The van der Waals surface area contributed by atoms with Crippen molar-refractivity contribution in [3.05, 3.63) is 23.1 Å². The van der Waals surface area contributed by atoms with Gasteiger partial charge in [0.1, 0.15) is 10.8 Å². The van der Waals surface area contributed by atoms with Crippen LogP contribution in [0.5, 0.6) is 0 Å². The van der Waals surface area contributed by atoms with Gasteiger partial charge in [-0.3, -0.25) is 4.90 Å². The molecular formula is C15H22ClN5O2. The van der Waals surface area contributed by atoms with Crippen molar-refractivity contribution in [1.29, 1.82) is 0 Å². The topological polar surface area (TPSA) is 72.6 Å². The van der Waals surface area contributed by atoms with Gasteiger partial charge in [0.05, 0.1) is 6.54 Å². The first-order valence-electron chi connectivity index (χ1n) is 7.35. The summed E-state index contributed by atoms with van der Waals surface area (Å²) in [6, 6.07) is 3.37. The van der Waals surface area contributed by atoms with Crippen molar-refractivity contribution < 1.29 is 9.53 Å². The van der Waals surface area contributed by atoms with E-state index in [0.29, 0.717) is 16.6 Å². The molecule has 2 aromatic heterocycles. The summed E-state index contributed by atoms with van der Waals surface area (Å²) >= 11 is 5.93. The summed E-state index contributed by atoms with van der Waals surface area (Å²) in [6.45, 7) is 11.5. The average molecular weight is 340 g/mol. The van der Waals surface area contributed by atoms with Gasteiger partial charge in [0.15, 0.2) is 11.5 Å². The maximum absolute atomic E-state index is 12.5. The number of carbonyl (C=O) groups is 1. The molecule has 0 spiro atoms. The number of hydrogen-bond acceptors (Lipinski definition) is 5. The van der Waals surface area contributed by atoms with Gasteiger partial charge >= 0.3 is 6.09 Å². The van der Waals surface area contributed by atoms with Crippen LogP contribution in [-0.4, -0.2) is 41.9 Å². The highest BCUT2D eigenvalue weighted by Gasteiger charge is 2.32. The number of hydrogen-bond donors (Lipinski definition) is 0. The molecule has 2 aromatic rings. The molecule has 1 amide bonds. The van der Waals surface area contributed by atoms with Crippen LogP contribution in [0, 0.1) is 0 Å². The Morgan fingerprint density at radius 2 is 1.87 bits per heavy atom. The Morgan fingerprint density at radius 1 is 1.22 bits per heavy atom.